The van der Waals surface area contributed by atoms with Gasteiger partial charge in [0.2, 0.25) is 0 Å². The quantitative estimate of drug-likeness (QED) is 0.264. The molecule has 0 aliphatic rings. The smallest absolute Gasteiger partial charge is 0.00194 e. The van der Waals surface area contributed by atoms with Crippen molar-refractivity contribution in [3.8, 4) is 11.1 Å². The first kappa shape index (κ1) is 17.9. The molecule has 0 heteroatoms. The number of benzene rings is 6. The summed E-state index contributed by atoms with van der Waals surface area (Å²) < 4.78 is 0. The fourth-order valence-corrected chi connectivity index (χ4v) is 4.86. The number of hydrogen-bond donors (Lipinski definition) is 0. The maximum Gasteiger partial charge on any atom is -0.00194 e. The lowest BCUT2D eigenvalue weighted by atomic mass is 9.91. The Morgan fingerprint density at radius 3 is 1.58 bits per heavy atom. The topological polar surface area (TPSA) is 0 Å². The first-order valence-corrected chi connectivity index (χ1v) is 10.8. The molecular weight excluding hydrogens is 372 g/mol. The minimum absolute atomic E-state index is 0.919. The molecule has 0 saturated heterocycles. The summed E-state index contributed by atoms with van der Waals surface area (Å²) in [5.41, 5.74) is 5.29. The van der Waals surface area contributed by atoms with Crippen molar-refractivity contribution in [3.05, 3.63) is 132 Å². The molecule has 0 bridgehead atoms. The molecule has 0 aromatic heterocycles. The van der Waals surface area contributed by atoms with Gasteiger partial charge in [-0.25, -0.2) is 0 Å². The molecule has 146 valence electrons. The van der Waals surface area contributed by atoms with Gasteiger partial charge in [-0.15, -0.1) is 0 Å². The Bertz CT molecular complexity index is 1510. The Morgan fingerprint density at radius 1 is 0.387 bits per heavy atom. The Labute approximate surface area is 182 Å². The summed E-state index contributed by atoms with van der Waals surface area (Å²) in [6, 6.07) is 44.0. The average molecular weight is 395 g/mol. The van der Waals surface area contributed by atoms with Crippen LogP contribution >= 0.6 is 0 Å². The fourth-order valence-electron chi connectivity index (χ4n) is 4.86. The summed E-state index contributed by atoms with van der Waals surface area (Å²) in [6.45, 7) is 0. The summed E-state index contributed by atoms with van der Waals surface area (Å²) in [6.07, 6.45) is 0.919. The summed E-state index contributed by atoms with van der Waals surface area (Å²) in [7, 11) is 0. The molecule has 0 fully saturated rings. The van der Waals surface area contributed by atoms with Crippen LogP contribution in [0.25, 0.3) is 43.4 Å². The van der Waals surface area contributed by atoms with E-state index in [-0.39, 0.29) is 0 Å². The van der Waals surface area contributed by atoms with E-state index in [1.807, 2.05) is 0 Å². The molecule has 6 rings (SSSR count). The van der Waals surface area contributed by atoms with Crippen LogP contribution in [0, 0.1) is 0 Å². The van der Waals surface area contributed by atoms with Gasteiger partial charge in [-0.3, -0.25) is 0 Å². The van der Waals surface area contributed by atoms with Crippen molar-refractivity contribution in [3.63, 3.8) is 0 Å². The maximum absolute atomic E-state index is 2.39. The van der Waals surface area contributed by atoms with Crippen molar-refractivity contribution in [1.29, 1.82) is 0 Å². The van der Waals surface area contributed by atoms with Crippen molar-refractivity contribution in [2.24, 2.45) is 0 Å². The fraction of sp³-hybridized carbons (Fsp3) is 0.0323. The average Bonchev–Trinajstić information content (AvgIpc) is 2.85. The van der Waals surface area contributed by atoms with E-state index in [1.54, 1.807) is 0 Å². The van der Waals surface area contributed by atoms with Crippen LogP contribution in [-0.4, -0.2) is 0 Å². The van der Waals surface area contributed by atoms with Gasteiger partial charge in [0.15, 0.2) is 0 Å². The van der Waals surface area contributed by atoms with Gasteiger partial charge in [-0.1, -0.05) is 121 Å². The van der Waals surface area contributed by atoms with Gasteiger partial charge < -0.3 is 0 Å². The highest BCUT2D eigenvalue weighted by molar-refractivity contribution is 6.25. The summed E-state index contributed by atoms with van der Waals surface area (Å²) >= 11 is 0. The van der Waals surface area contributed by atoms with E-state index in [1.165, 1.54) is 54.6 Å². The summed E-state index contributed by atoms with van der Waals surface area (Å²) in [5, 5.41) is 7.97. The summed E-state index contributed by atoms with van der Waals surface area (Å²) in [4.78, 5) is 0. The minimum atomic E-state index is 0.919. The third kappa shape index (κ3) is 3.08. The third-order valence-corrected chi connectivity index (χ3v) is 6.31. The first-order valence-electron chi connectivity index (χ1n) is 10.8. The van der Waals surface area contributed by atoms with Crippen LogP contribution in [0.3, 0.4) is 0 Å². The molecule has 0 nitrogen and oxygen atoms in total. The highest BCUT2D eigenvalue weighted by atomic mass is 14.1. The van der Waals surface area contributed by atoms with Gasteiger partial charge in [0, 0.05) is 0 Å². The second-order valence-electron chi connectivity index (χ2n) is 8.17. The van der Waals surface area contributed by atoms with Crippen LogP contribution in [0.4, 0.5) is 0 Å². The molecule has 0 heterocycles. The van der Waals surface area contributed by atoms with E-state index >= 15 is 0 Å². The van der Waals surface area contributed by atoms with Crippen molar-refractivity contribution in [2.75, 3.05) is 0 Å². The van der Waals surface area contributed by atoms with Crippen LogP contribution < -0.4 is 0 Å². The zero-order valence-electron chi connectivity index (χ0n) is 17.3. The minimum Gasteiger partial charge on any atom is -0.0622 e. The second kappa shape index (κ2) is 7.41. The van der Waals surface area contributed by atoms with Gasteiger partial charge in [0.25, 0.3) is 0 Å². The Hall–Kier alpha value is -3.90. The molecule has 0 unspecified atom stereocenters. The monoisotopic (exact) mass is 394 g/mol. The van der Waals surface area contributed by atoms with Gasteiger partial charge in [0.1, 0.15) is 0 Å². The summed E-state index contributed by atoms with van der Waals surface area (Å²) in [5.74, 6) is 0. The lowest BCUT2D eigenvalue weighted by Gasteiger charge is -2.13. The van der Waals surface area contributed by atoms with Gasteiger partial charge in [-0.2, -0.15) is 0 Å². The number of hydrogen-bond acceptors (Lipinski definition) is 0. The number of rotatable bonds is 3. The zero-order valence-corrected chi connectivity index (χ0v) is 17.3. The molecule has 0 atom stereocenters. The van der Waals surface area contributed by atoms with E-state index in [4.69, 9.17) is 0 Å². The van der Waals surface area contributed by atoms with Crippen LogP contribution in [-0.2, 0) is 6.42 Å². The molecule has 0 radical (unpaired) electrons. The van der Waals surface area contributed by atoms with Crippen LogP contribution in [0.15, 0.2) is 121 Å². The normalized spacial score (nSPS) is 11.4. The highest BCUT2D eigenvalue weighted by Crippen LogP contribution is 2.36. The predicted molar refractivity (Wildman–Crippen MR) is 134 cm³/mol. The SMILES string of the molecule is c1ccc(-c2ccccc2Cc2ccc3c4ccccc4c4ccccc4c3c2)cc1. The molecule has 6 aromatic rings. The molecular formula is C31H22. The van der Waals surface area contributed by atoms with Crippen molar-refractivity contribution in [1.82, 2.24) is 0 Å². The molecule has 6 aromatic carbocycles. The van der Waals surface area contributed by atoms with E-state index < -0.39 is 0 Å². The van der Waals surface area contributed by atoms with E-state index in [0.717, 1.165) is 6.42 Å². The Morgan fingerprint density at radius 2 is 0.903 bits per heavy atom. The predicted octanol–water partition coefficient (Wildman–Crippen LogP) is 8.40. The molecule has 0 amide bonds. The zero-order chi connectivity index (χ0) is 20.6. The molecule has 31 heavy (non-hydrogen) atoms. The number of fused-ring (bicyclic) bond motifs is 6. The third-order valence-electron chi connectivity index (χ3n) is 6.31. The lowest BCUT2D eigenvalue weighted by molar-refractivity contribution is 1.20. The largest absolute Gasteiger partial charge is 0.0622 e. The van der Waals surface area contributed by atoms with E-state index in [9.17, 15) is 0 Å². The molecule has 0 aliphatic carbocycles. The maximum atomic E-state index is 2.39. The molecule has 0 aliphatic heterocycles. The standard InChI is InChI=1S/C31H22/c1-2-10-23(11-3-1)25-13-5-4-12-24(25)20-22-18-19-30-28-16-7-6-14-26(28)27-15-8-9-17-29(27)31(30)21-22/h1-19,21H,20H2. The van der Waals surface area contributed by atoms with Crippen LogP contribution in [0.2, 0.25) is 0 Å². The van der Waals surface area contributed by atoms with Crippen molar-refractivity contribution >= 4 is 32.3 Å². The second-order valence-corrected chi connectivity index (χ2v) is 8.17. The van der Waals surface area contributed by atoms with Crippen molar-refractivity contribution < 1.29 is 0 Å². The van der Waals surface area contributed by atoms with E-state index in [0.29, 0.717) is 0 Å². The lowest BCUT2D eigenvalue weighted by Crippen LogP contribution is -1.93. The van der Waals surface area contributed by atoms with Crippen LogP contribution in [0.5, 0.6) is 0 Å². The highest BCUT2D eigenvalue weighted by Gasteiger charge is 2.10. The molecule has 0 spiro atoms. The van der Waals surface area contributed by atoms with E-state index in [2.05, 4.69) is 121 Å². The van der Waals surface area contributed by atoms with Crippen molar-refractivity contribution in [2.45, 2.75) is 6.42 Å². The van der Waals surface area contributed by atoms with Gasteiger partial charge >= 0.3 is 0 Å². The molecule has 0 saturated carbocycles. The Kier molecular flexibility index (Phi) is 4.28. The molecule has 0 N–H and O–H groups in total. The van der Waals surface area contributed by atoms with Crippen LogP contribution in [0.1, 0.15) is 11.1 Å². The van der Waals surface area contributed by atoms with Gasteiger partial charge in [-0.05, 0) is 61.0 Å². The van der Waals surface area contributed by atoms with Gasteiger partial charge in [0.05, 0.1) is 0 Å². The first-order chi connectivity index (χ1) is 15.4. The Balaban J connectivity index is 1.54.